The van der Waals surface area contributed by atoms with Gasteiger partial charge in [-0.1, -0.05) is 104 Å². The zero-order valence-electron chi connectivity index (χ0n) is 66.5. The van der Waals surface area contributed by atoms with Gasteiger partial charge in [0, 0.05) is 91.8 Å². The number of methoxy groups -OCH3 is 2. The number of likely N-dealkylation sites (tertiary alicyclic amines) is 1. The van der Waals surface area contributed by atoms with E-state index in [2.05, 4.69) is 43.8 Å². The number of carboxylic acids is 2. The van der Waals surface area contributed by atoms with Crippen molar-refractivity contribution < 1.29 is 96.7 Å². The molecule has 4 rings (SSSR count). The Hall–Kier alpha value is -9.86. The van der Waals surface area contributed by atoms with E-state index < -0.39 is 169 Å². The summed E-state index contributed by atoms with van der Waals surface area (Å²) in [7, 11) is 5.90. The minimum Gasteiger partial charge on any atom is -0.481 e. The van der Waals surface area contributed by atoms with Gasteiger partial charge in [-0.3, -0.25) is 72.2 Å². The molecule has 0 radical (unpaired) electrons. The Bertz CT molecular complexity index is 3490. The van der Waals surface area contributed by atoms with Crippen molar-refractivity contribution >= 4 is 88.8 Å². The highest BCUT2D eigenvalue weighted by Crippen LogP contribution is 2.31. The maximum Gasteiger partial charge on any atom is 0.410 e. The van der Waals surface area contributed by atoms with Gasteiger partial charge in [-0.05, 0) is 112 Å². The number of nitrogens with two attached hydrogens (primary N) is 1. The minimum atomic E-state index is -1.36. The van der Waals surface area contributed by atoms with E-state index in [-0.39, 0.29) is 100 Å². The largest absolute Gasteiger partial charge is 0.481 e. The van der Waals surface area contributed by atoms with Crippen LogP contribution in [0.3, 0.4) is 0 Å². The molecule has 0 bridgehead atoms. The summed E-state index contributed by atoms with van der Waals surface area (Å²) in [6.45, 7) is 19.5. The number of amides is 13. The number of nitrogens with zero attached hydrogens (tertiary/aromatic N) is 5. The molecule has 111 heavy (non-hydrogen) atoms. The topological polar surface area (TPSA) is 454 Å². The smallest absolute Gasteiger partial charge is 0.410 e. The molecule has 0 saturated carbocycles. The third-order valence-electron chi connectivity index (χ3n) is 20.2. The number of likely N-dealkylation sites (N-methyl/N-ethyl adjacent to an activating group) is 2. The second-order valence-electron chi connectivity index (χ2n) is 29.2. The quantitative estimate of drug-likeness (QED) is 0.0252. The van der Waals surface area contributed by atoms with Crippen LogP contribution in [-0.2, 0) is 78.4 Å². The second-order valence-corrected chi connectivity index (χ2v) is 29.2. The summed E-state index contributed by atoms with van der Waals surface area (Å²) in [6, 6.07) is 5.99. The molecule has 0 spiro atoms. The van der Waals surface area contributed by atoms with Gasteiger partial charge in [-0.2, -0.15) is 0 Å². The molecule has 33 heteroatoms. The number of ether oxygens (including phenoxy) is 3. The number of aliphatic hydroxyl groups excluding tert-OH is 1. The van der Waals surface area contributed by atoms with Crippen molar-refractivity contribution in [3.63, 3.8) is 0 Å². The number of rotatable bonds is 49. The molecule has 2 aliphatic rings. The van der Waals surface area contributed by atoms with Crippen molar-refractivity contribution in [1.29, 1.82) is 0 Å². The number of hydrogen-bond donors (Lipinski definition) is 11. The van der Waals surface area contributed by atoms with Gasteiger partial charge in [0.1, 0.15) is 30.8 Å². The van der Waals surface area contributed by atoms with Crippen LogP contribution in [0, 0.1) is 23.7 Å². The van der Waals surface area contributed by atoms with Crippen molar-refractivity contribution in [1.82, 2.24) is 56.4 Å². The van der Waals surface area contributed by atoms with Crippen LogP contribution in [0.1, 0.15) is 163 Å². The highest BCUT2D eigenvalue weighted by atomic mass is 16.6. The number of carbonyl (C=O) groups excluding carboxylic acids is 12. The lowest BCUT2D eigenvalue weighted by Crippen LogP contribution is -2.60. The predicted molar refractivity (Wildman–Crippen MR) is 411 cm³/mol. The van der Waals surface area contributed by atoms with E-state index in [0.717, 1.165) is 9.80 Å². The molecule has 13 amide bonds. The fourth-order valence-electron chi connectivity index (χ4n) is 13.7. The number of anilines is 1. The monoisotopic (exact) mass is 1560 g/mol. The Morgan fingerprint density at radius 2 is 1.29 bits per heavy atom. The van der Waals surface area contributed by atoms with Gasteiger partial charge in [0.2, 0.25) is 47.3 Å². The number of aliphatic carboxylic acids is 2. The lowest BCUT2D eigenvalue weighted by atomic mass is 9.89. The molecule has 0 aliphatic carbocycles. The van der Waals surface area contributed by atoms with Crippen molar-refractivity contribution in [3.8, 4) is 0 Å². The van der Waals surface area contributed by atoms with Gasteiger partial charge < -0.3 is 82.3 Å². The number of imide groups is 1. The summed E-state index contributed by atoms with van der Waals surface area (Å²) in [5.74, 6) is -10.1. The van der Waals surface area contributed by atoms with Gasteiger partial charge >= 0.3 is 24.1 Å². The highest BCUT2D eigenvalue weighted by Gasteiger charge is 2.44. The SMILES string of the molecule is C=C(C)[C@@H](C(=O)N[C@H](C(=O)N(C)[C@@H]([C@@H](C)CC)[C@@H](CC(=O)N1CCC[C@H]1[C@H](OC)[C@@H](C)C(=O)N[C@H](C)[C@@H](O)c1ccccc1)OC)C(C)C)N(C)C(=O)OCc1ccc(NC(=O)[C@H](CCCNC(N)=O)NC(=O)[C@@H](NC(=O)[C@H](CCC(=O)NCCCCCN2C(=O)C=CC2=O)N(CCC(=O)O)CCC(=O)O)C(C)C)cc1. The Balaban J connectivity index is 1.43. The van der Waals surface area contributed by atoms with Crippen LogP contribution < -0.4 is 43.0 Å². The molecule has 1 fully saturated rings. The zero-order chi connectivity index (χ0) is 82.9. The van der Waals surface area contributed by atoms with E-state index in [1.54, 1.807) is 96.8 Å². The van der Waals surface area contributed by atoms with Crippen molar-refractivity contribution in [2.45, 2.75) is 219 Å². The van der Waals surface area contributed by atoms with Crippen LogP contribution in [-0.4, -0.2) is 251 Å². The summed E-state index contributed by atoms with van der Waals surface area (Å²) in [5.41, 5.74) is 6.84. The summed E-state index contributed by atoms with van der Waals surface area (Å²) in [6.07, 6.45) is 0.702. The predicted octanol–water partition coefficient (Wildman–Crippen LogP) is 4.12. The Kier molecular flexibility index (Phi) is 39.4. The minimum absolute atomic E-state index is 0.00367. The molecule has 2 heterocycles. The third kappa shape index (κ3) is 29.4. The average Bonchev–Trinajstić information content (AvgIpc) is 1.71. The van der Waals surface area contributed by atoms with Crippen molar-refractivity contribution in [2.24, 2.45) is 29.4 Å². The first-order valence-electron chi connectivity index (χ1n) is 38.0. The number of aliphatic hydroxyl groups is 1. The molecule has 2 aromatic carbocycles. The first-order valence-corrected chi connectivity index (χ1v) is 38.0. The summed E-state index contributed by atoms with van der Waals surface area (Å²) in [5, 5.41) is 49.3. The Morgan fingerprint density at radius 1 is 0.685 bits per heavy atom. The Labute approximate surface area is 650 Å². The van der Waals surface area contributed by atoms with Gasteiger partial charge in [-0.25, -0.2) is 9.59 Å². The summed E-state index contributed by atoms with van der Waals surface area (Å²) < 4.78 is 17.7. The van der Waals surface area contributed by atoms with E-state index in [1.807, 2.05) is 19.9 Å². The molecule has 0 unspecified atom stereocenters. The van der Waals surface area contributed by atoms with E-state index in [4.69, 9.17) is 19.9 Å². The van der Waals surface area contributed by atoms with Crippen LogP contribution in [0.15, 0.2) is 78.9 Å². The molecule has 1 saturated heterocycles. The lowest BCUT2D eigenvalue weighted by Gasteiger charge is -2.41. The molecular weight excluding hydrogens is 1440 g/mol. The number of urea groups is 1. The van der Waals surface area contributed by atoms with Crippen molar-refractivity contribution in [2.75, 3.05) is 72.9 Å². The van der Waals surface area contributed by atoms with E-state index >= 15 is 0 Å². The van der Waals surface area contributed by atoms with Crippen LogP contribution in [0.5, 0.6) is 0 Å². The number of hydrogen-bond acceptors (Lipinski definition) is 19. The fourth-order valence-corrected chi connectivity index (χ4v) is 13.7. The van der Waals surface area contributed by atoms with E-state index in [9.17, 15) is 82.4 Å². The first-order chi connectivity index (χ1) is 52.5. The molecular formula is C78H119N13O20. The number of primary amides is 1. The number of nitrogens with one attached hydrogen (secondary N) is 7. The number of carboxylic acid groups (broad SMARTS) is 2. The van der Waals surface area contributed by atoms with E-state index in [1.165, 1.54) is 55.4 Å². The van der Waals surface area contributed by atoms with E-state index in [0.29, 0.717) is 56.2 Å². The fraction of sp³-hybridized carbons (Fsp3) is 0.615. The Morgan fingerprint density at radius 3 is 1.85 bits per heavy atom. The number of benzene rings is 2. The first kappa shape index (κ1) is 93.5. The zero-order valence-corrected chi connectivity index (χ0v) is 66.5. The summed E-state index contributed by atoms with van der Waals surface area (Å²) in [4.78, 5) is 193. The molecule has 0 aromatic heterocycles. The van der Waals surface area contributed by atoms with Crippen LogP contribution in [0.4, 0.5) is 15.3 Å². The third-order valence-corrected chi connectivity index (χ3v) is 20.2. The molecule has 2 aromatic rings. The van der Waals surface area contributed by atoms with Crippen molar-refractivity contribution in [3.05, 3.63) is 90.0 Å². The van der Waals surface area contributed by atoms with Crippen LogP contribution >= 0.6 is 0 Å². The lowest BCUT2D eigenvalue weighted by molar-refractivity contribution is -0.148. The molecule has 2 aliphatic heterocycles. The standard InChI is InChI=1S/C78H119N13O20/c1-15-49(8)68(58(109-13)44-62(95)90-41-23-27-56(90)70(110-14)50(9)71(101)82-51(10)69(100)53-24-18-16-19-25-53)87(11)76(106)66(47(4)5)86-75(105)67(48(6)7)88(12)78(108)111-45-52-28-30-54(31-29-52)83-72(102)55(26-22-39-81-77(79)107)84-74(104)65(46(2)3)85-73(103)57(89(42-36-63(96)97)43-37-64(98)99)32-33-59(92)80-38-20-17-21-40-91-60(93)34-35-61(91)94/h16,18-19,24-25,28-31,34-35,46-47,49-51,55-58,65-70,100H,6,15,17,20-23,26-27,32-33,36-45H2,1-5,7-14H3,(H,80,92)(H,82,101)(H,83,102)(H,84,104)(H,85,103)(H,86,105)(H,96,97)(H,98,99)(H3,79,81,107)/t49-,50+,51+,55-,56-,57-,58+,65-,66-,67-,68-,69+,70+/m0/s1. The summed E-state index contributed by atoms with van der Waals surface area (Å²) >= 11 is 0. The maximum absolute atomic E-state index is 14.9. The second kappa shape index (κ2) is 46.7. The van der Waals surface area contributed by atoms with Gasteiger partial charge in [0.25, 0.3) is 11.8 Å². The van der Waals surface area contributed by atoms with Crippen LogP contribution in [0.2, 0.25) is 0 Å². The van der Waals surface area contributed by atoms with Crippen LogP contribution in [0.25, 0.3) is 0 Å². The molecule has 13 atom stereocenters. The maximum atomic E-state index is 14.9. The highest BCUT2D eigenvalue weighted by molar-refractivity contribution is 6.12. The molecule has 616 valence electrons. The van der Waals surface area contributed by atoms with Gasteiger partial charge in [0.05, 0.1) is 67.7 Å². The van der Waals surface area contributed by atoms with Gasteiger partial charge in [0.15, 0.2) is 0 Å². The average molecular weight is 1560 g/mol. The molecule has 12 N–H and O–H groups in total. The molecule has 33 nitrogen and oxygen atoms in total. The van der Waals surface area contributed by atoms with Gasteiger partial charge in [-0.15, -0.1) is 0 Å². The number of carbonyl (C=O) groups is 14. The number of unbranched alkanes of at least 4 members (excludes halogenated alkanes) is 2. The normalized spacial score (nSPS) is 16.7.